The van der Waals surface area contributed by atoms with Crippen LogP contribution < -0.4 is 10.6 Å². The lowest BCUT2D eigenvalue weighted by Gasteiger charge is -2.19. The average Bonchev–Trinajstić information content (AvgIpc) is 3.04. The number of carbonyl (C=O) groups is 1. The molecule has 0 radical (unpaired) electrons. The summed E-state index contributed by atoms with van der Waals surface area (Å²) in [7, 11) is 0. The molecule has 1 heterocycles. The largest absolute Gasteiger partial charge is 0.478 e. The summed E-state index contributed by atoms with van der Waals surface area (Å²) in [5.74, 6) is 4.98. The van der Waals surface area contributed by atoms with E-state index in [1.165, 1.54) is 12.1 Å². The number of ether oxygens (including phenoxy) is 1. The Morgan fingerprint density at radius 1 is 1.20 bits per heavy atom. The van der Waals surface area contributed by atoms with Gasteiger partial charge < -0.3 is 19.7 Å². The molecule has 0 aliphatic rings. The molecule has 0 amide bonds. The maximum absolute atomic E-state index is 10.9. The highest BCUT2D eigenvalue weighted by Gasteiger charge is 2.21. The number of aromatic nitrogens is 1. The molecule has 4 N–H and O–H groups in total. The molecule has 25 heavy (non-hydrogen) atoms. The average molecular weight is 338 g/mol. The maximum Gasteiger partial charge on any atom is 0.335 e. The number of H-pyrrole nitrogens is 1. The van der Waals surface area contributed by atoms with Gasteiger partial charge >= 0.3 is 5.97 Å². The zero-order chi connectivity index (χ0) is 17.8. The van der Waals surface area contributed by atoms with Crippen LogP contribution in [0.25, 0.3) is 10.9 Å². The number of hydrogen-bond donors (Lipinski definition) is 3. The lowest BCUT2D eigenvalue weighted by Crippen LogP contribution is -2.16. The van der Waals surface area contributed by atoms with Gasteiger partial charge in [0.15, 0.2) is 0 Å². The quantitative estimate of drug-likeness (QED) is 0.453. The summed E-state index contributed by atoms with van der Waals surface area (Å²) < 4.78 is 5.80. The highest BCUT2D eigenvalue weighted by atomic mass is 16.6. The molecule has 0 fully saturated rings. The first-order valence-corrected chi connectivity index (χ1v) is 7.68. The Morgan fingerprint density at radius 3 is 2.60 bits per heavy atom. The van der Waals surface area contributed by atoms with E-state index in [1.54, 1.807) is 12.1 Å². The SMILES string of the molecule is C=C(Oc1ccc(C(=O)O)cc1)C(CON)c1c[nH]c2ccccc12. The second-order valence-corrected chi connectivity index (χ2v) is 5.57. The summed E-state index contributed by atoms with van der Waals surface area (Å²) in [5, 5.41) is 9.99. The molecule has 0 spiro atoms. The number of aromatic amines is 1. The fraction of sp³-hybridized carbons (Fsp3) is 0.105. The van der Waals surface area contributed by atoms with Crippen molar-refractivity contribution in [3.05, 3.63) is 78.2 Å². The van der Waals surface area contributed by atoms with E-state index in [2.05, 4.69) is 11.6 Å². The third-order valence-electron chi connectivity index (χ3n) is 4.00. The number of carboxylic acids is 1. The van der Waals surface area contributed by atoms with Gasteiger partial charge in [0.1, 0.15) is 11.5 Å². The van der Waals surface area contributed by atoms with Gasteiger partial charge in [-0.25, -0.2) is 10.7 Å². The summed E-state index contributed by atoms with van der Waals surface area (Å²) in [6, 6.07) is 14.0. The van der Waals surface area contributed by atoms with Gasteiger partial charge in [-0.1, -0.05) is 24.8 Å². The van der Waals surface area contributed by atoms with Gasteiger partial charge in [0.05, 0.1) is 18.1 Å². The number of para-hydroxylation sites is 1. The third-order valence-corrected chi connectivity index (χ3v) is 4.00. The normalized spacial score (nSPS) is 12.0. The Kier molecular flexibility index (Phi) is 4.83. The van der Waals surface area contributed by atoms with E-state index in [4.69, 9.17) is 20.6 Å². The van der Waals surface area contributed by atoms with Crippen LogP contribution in [-0.4, -0.2) is 22.7 Å². The van der Waals surface area contributed by atoms with E-state index >= 15 is 0 Å². The predicted molar refractivity (Wildman–Crippen MR) is 94.3 cm³/mol. The van der Waals surface area contributed by atoms with Crippen LogP contribution in [0.1, 0.15) is 21.8 Å². The van der Waals surface area contributed by atoms with Gasteiger partial charge in [-0.2, -0.15) is 0 Å². The first-order valence-electron chi connectivity index (χ1n) is 7.68. The first-order chi connectivity index (χ1) is 12.1. The molecule has 1 atom stereocenters. The topological polar surface area (TPSA) is 97.6 Å². The monoisotopic (exact) mass is 338 g/mol. The Morgan fingerprint density at radius 2 is 1.92 bits per heavy atom. The van der Waals surface area contributed by atoms with Crippen molar-refractivity contribution < 1.29 is 19.5 Å². The van der Waals surface area contributed by atoms with Crippen molar-refractivity contribution in [2.45, 2.75) is 5.92 Å². The van der Waals surface area contributed by atoms with E-state index in [-0.39, 0.29) is 18.1 Å². The zero-order valence-corrected chi connectivity index (χ0v) is 13.4. The smallest absolute Gasteiger partial charge is 0.335 e. The van der Waals surface area contributed by atoms with Gasteiger partial charge in [0, 0.05) is 17.1 Å². The number of hydrogen-bond acceptors (Lipinski definition) is 4. The molecule has 128 valence electrons. The van der Waals surface area contributed by atoms with Crippen molar-refractivity contribution in [3.8, 4) is 5.75 Å². The summed E-state index contributed by atoms with van der Waals surface area (Å²) in [4.78, 5) is 19.0. The lowest BCUT2D eigenvalue weighted by atomic mass is 9.98. The van der Waals surface area contributed by atoms with Crippen LogP contribution in [0.2, 0.25) is 0 Å². The number of nitrogens with two attached hydrogens (primary N) is 1. The van der Waals surface area contributed by atoms with Gasteiger partial charge in [-0.15, -0.1) is 0 Å². The van der Waals surface area contributed by atoms with Crippen LogP contribution in [0.3, 0.4) is 0 Å². The molecule has 0 saturated heterocycles. The molecule has 6 heteroatoms. The van der Waals surface area contributed by atoms with E-state index in [0.717, 1.165) is 16.5 Å². The van der Waals surface area contributed by atoms with Crippen LogP contribution in [0, 0.1) is 0 Å². The minimum atomic E-state index is -0.987. The highest BCUT2D eigenvalue weighted by molar-refractivity contribution is 5.87. The second kappa shape index (κ2) is 7.21. The van der Waals surface area contributed by atoms with Crippen LogP contribution in [-0.2, 0) is 4.84 Å². The standard InChI is InChI=1S/C19H18N2O4/c1-12(25-14-8-6-13(7-9-14)19(22)23)17(11-24-20)16-10-21-18-5-3-2-4-15(16)18/h2-10,17,21H,1,11,20H2,(H,22,23). The fourth-order valence-corrected chi connectivity index (χ4v) is 2.72. The minimum Gasteiger partial charge on any atom is -0.478 e. The fourth-order valence-electron chi connectivity index (χ4n) is 2.72. The Balaban J connectivity index is 1.85. The minimum absolute atomic E-state index is 0.191. The molecular weight excluding hydrogens is 320 g/mol. The molecule has 6 nitrogen and oxygen atoms in total. The van der Waals surface area contributed by atoms with Crippen molar-refractivity contribution in [3.63, 3.8) is 0 Å². The van der Waals surface area contributed by atoms with Gasteiger partial charge in [0.2, 0.25) is 0 Å². The molecule has 2 aromatic carbocycles. The molecular formula is C19H18N2O4. The van der Waals surface area contributed by atoms with Crippen LogP contribution in [0.15, 0.2) is 67.1 Å². The maximum atomic E-state index is 10.9. The number of aromatic carboxylic acids is 1. The molecule has 1 aromatic heterocycles. The second-order valence-electron chi connectivity index (χ2n) is 5.57. The number of fused-ring (bicyclic) bond motifs is 1. The van der Waals surface area contributed by atoms with Crippen molar-refractivity contribution in [1.82, 2.24) is 4.98 Å². The lowest BCUT2D eigenvalue weighted by molar-refractivity contribution is 0.0697. The number of nitrogens with one attached hydrogen (secondary N) is 1. The van der Waals surface area contributed by atoms with Crippen molar-refractivity contribution in [1.29, 1.82) is 0 Å². The number of rotatable bonds is 7. The molecule has 3 aromatic rings. The van der Waals surface area contributed by atoms with Crippen molar-refractivity contribution in [2.24, 2.45) is 5.90 Å². The summed E-state index contributed by atoms with van der Waals surface area (Å²) in [6.07, 6.45) is 1.89. The highest BCUT2D eigenvalue weighted by Crippen LogP contribution is 2.31. The summed E-state index contributed by atoms with van der Waals surface area (Å²) >= 11 is 0. The number of carboxylic acid groups (broad SMARTS) is 1. The Labute approximate surface area is 144 Å². The van der Waals surface area contributed by atoms with E-state index in [9.17, 15) is 4.79 Å². The van der Waals surface area contributed by atoms with Crippen molar-refractivity contribution in [2.75, 3.05) is 6.61 Å². The molecule has 0 aliphatic heterocycles. The molecule has 0 bridgehead atoms. The van der Waals surface area contributed by atoms with E-state index < -0.39 is 5.97 Å². The molecule has 0 saturated carbocycles. The Bertz CT molecular complexity index is 899. The predicted octanol–water partition coefficient (Wildman–Crippen LogP) is 3.43. The third kappa shape index (κ3) is 3.55. The zero-order valence-electron chi connectivity index (χ0n) is 13.4. The summed E-state index contributed by atoms with van der Waals surface area (Å²) in [6.45, 7) is 4.20. The molecule has 3 rings (SSSR count). The van der Waals surface area contributed by atoms with Crippen molar-refractivity contribution >= 4 is 16.9 Å². The van der Waals surface area contributed by atoms with Gasteiger partial charge in [-0.05, 0) is 35.9 Å². The van der Waals surface area contributed by atoms with Gasteiger partial charge in [0.25, 0.3) is 0 Å². The Hall–Kier alpha value is -3.09. The number of benzene rings is 2. The van der Waals surface area contributed by atoms with Crippen LogP contribution in [0.5, 0.6) is 5.75 Å². The molecule has 0 aliphatic carbocycles. The van der Waals surface area contributed by atoms with E-state index in [0.29, 0.717) is 11.5 Å². The van der Waals surface area contributed by atoms with Crippen LogP contribution >= 0.6 is 0 Å². The van der Waals surface area contributed by atoms with Gasteiger partial charge in [-0.3, -0.25) is 0 Å². The van der Waals surface area contributed by atoms with Crippen LogP contribution in [0.4, 0.5) is 0 Å². The van der Waals surface area contributed by atoms with E-state index in [1.807, 2.05) is 30.5 Å². The summed E-state index contributed by atoms with van der Waals surface area (Å²) in [5.41, 5.74) is 2.16. The first kappa shape index (κ1) is 16.8. The molecule has 1 unspecified atom stereocenters.